The van der Waals surface area contributed by atoms with Crippen molar-refractivity contribution < 1.29 is 9.69 Å². The lowest BCUT2D eigenvalue weighted by atomic mass is 9.77. The summed E-state index contributed by atoms with van der Waals surface area (Å²) in [6, 6.07) is 5.28. The van der Waals surface area contributed by atoms with E-state index in [0.29, 0.717) is 16.9 Å². The number of amides is 1. The Bertz CT molecular complexity index is 571. The van der Waals surface area contributed by atoms with Crippen LogP contribution in [0.1, 0.15) is 50.9 Å². The molecule has 1 heterocycles. The summed E-state index contributed by atoms with van der Waals surface area (Å²) in [6.07, 6.45) is 1.95. The van der Waals surface area contributed by atoms with Gasteiger partial charge in [0.2, 0.25) is 0 Å². The molecule has 0 spiro atoms. The molecule has 0 atom stereocenters. The molecule has 5 nitrogen and oxygen atoms in total. The summed E-state index contributed by atoms with van der Waals surface area (Å²) >= 11 is 0. The van der Waals surface area contributed by atoms with Crippen molar-refractivity contribution in [3.05, 3.63) is 23.8 Å². The molecule has 1 aliphatic rings. The topological polar surface area (TPSA) is 76.8 Å². The normalized spacial score (nSPS) is 25.8. The van der Waals surface area contributed by atoms with Gasteiger partial charge in [-0.2, -0.15) is 0 Å². The highest BCUT2D eigenvalue weighted by Gasteiger charge is 2.48. The molecule has 0 unspecified atom stereocenters. The first-order valence-corrected chi connectivity index (χ1v) is 8.22. The fourth-order valence-corrected chi connectivity index (χ4v) is 3.92. The Balaban J connectivity index is 2.25. The Kier molecular flexibility index (Phi) is 4.37. The second-order valence-corrected chi connectivity index (χ2v) is 8.26. The van der Waals surface area contributed by atoms with Crippen molar-refractivity contribution in [2.24, 2.45) is 0 Å². The lowest BCUT2D eigenvalue weighted by molar-refractivity contribution is -0.983. The number of nitrogen functional groups attached to an aromatic ring is 2. The number of nitrogens with zero attached hydrogens (tertiary/aromatic N) is 1. The van der Waals surface area contributed by atoms with Crippen LogP contribution >= 0.6 is 0 Å². The number of carbonyl (C=O) groups is 1. The molecule has 5 heteroatoms. The van der Waals surface area contributed by atoms with Crippen LogP contribution < -0.4 is 16.4 Å². The molecule has 1 aromatic carbocycles. The average Bonchev–Trinajstić information content (AvgIpc) is 2.41. The second kappa shape index (κ2) is 5.71. The summed E-state index contributed by atoms with van der Waals surface area (Å²) in [4.78, 5) is 16.2. The predicted molar refractivity (Wildman–Crippen MR) is 95.4 cm³/mol. The molecule has 1 saturated heterocycles. The number of anilines is 2. The van der Waals surface area contributed by atoms with Gasteiger partial charge in [-0.3, -0.25) is 4.79 Å². The number of carbonyl (C=O) groups excluding carboxylic acids is 1. The van der Waals surface area contributed by atoms with Gasteiger partial charge in [-0.25, -0.2) is 0 Å². The van der Waals surface area contributed by atoms with Gasteiger partial charge < -0.3 is 21.3 Å². The van der Waals surface area contributed by atoms with E-state index in [-0.39, 0.29) is 23.0 Å². The summed E-state index contributed by atoms with van der Waals surface area (Å²) in [5, 5.41) is 0. The minimum absolute atomic E-state index is 0.0137. The lowest BCUT2D eigenvalue weighted by Crippen LogP contribution is -3.24. The molecule has 23 heavy (non-hydrogen) atoms. The quantitative estimate of drug-likeness (QED) is 0.716. The monoisotopic (exact) mass is 319 g/mol. The Morgan fingerprint density at radius 3 is 1.96 bits per heavy atom. The van der Waals surface area contributed by atoms with Crippen molar-refractivity contribution in [3.63, 3.8) is 0 Å². The van der Waals surface area contributed by atoms with E-state index in [1.165, 1.54) is 4.90 Å². The standard InChI is InChI=1S/C18H30N4O/c1-17(2)10-15(11-18(3,4)22(17)6)21(5)16(23)12-7-13(19)9-14(20)8-12/h7-9,15H,10-11,19-20H2,1-6H3/p+1. The minimum atomic E-state index is -0.0137. The van der Waals surface area contributed by atoms with Crippen molar-refractivity contribution in [1.82, 2.24) is 4.90 Å². The smallest absolute Gasteiger partial charge is 0.254 e. The highest BCUT2D eigenvalue weighted by atomic mass is 16.2. The molecule has 1 aliphatic heterocycles. The van der Waals surface area contributed by atoms with Crippen LogP contribution in [0.4, 0.5) is 11.4 Å². The van der Waals surface area contributed by atoms with Crippen molar-refractivity contribution in [2.75, 3.05) is 25.6 Å². The van der Waals surface area contributed by atoms with Gasteiger partial charge in [-0.1, -0.05) is 0 Å². The van der Waals surface area contributed by atoms with Gasteiger partial charge in [0.1, 0.15) is 0 Å². The van der Waals surface area contributed by atoms with Crippen LogP contribution in [-0.4, -0.2) is 42.0 Å². The van der Waals surface area contributed by atoms with Crippen LogP contribution in [0, 0.1) is 0 Å². The number of benzene rings is 1. The molecule has 128 valence electrons. The second-order valence-electron chi connectivity index (χ2n) is 8.26. The third-order valence-electron chi connectivity index (χ3n) is 5.61. The van der Waals surface area contributed by atoms with Crippen LogP contribution in [0.3, 0.4) is 0 Å². The maximum Gasteiger partial charge on any atom is 0.254 e. The molecule has 0 aromatic heterocycles. The molecule has 1 amide bonds. The molecular weight excluding hydrogens is 288 g/mol. The van der Waals surface area contributed by atoms with E-state index in [2.05, 4.69) is 34.7 Å². The van der Waals surface area contributed by atoms with Crippen LogP contribution in [-0.2, 0) is 0 Å². The molecule has 0 aliphatic carbocycles. The zero-order valence-corrected chi connectivity index (χ0v) is 15.2. The number of hydrogen-bond acceptors (Lipinski definition) is 3. The lowest BCUT2D eigenvalue weighted by Gasteiger charge is -2.52. The molecule has 0 radical (unpaired) electrons. The van der Waals surface area contributed by atoms with Gasteiger partial charge in [0.15, 0.2) is 0 Å². The largest absolute Gasteiger partial charge is 0.399 e. The van der Waals surface area contributed by atoms with E-state index in [4.69, 9.17) is 11.5 Å². The zero-order chi connectivity index (χ0) is 17.6. The number of hydrogen-bond donors (Lipinski definition) is 3. The third-order valence-corrected chi connectivity index (χ3v) is 5.61. The summed E-state index contributed by atoms with van der Waals surface area (Å²) in [5.41, 5.74) is 13.5. The van der Waals surface area contributed by atoms with Gasteiger partial charge in [0.05, 0.1) is 18.1 Å². The summed E-state index contributed by atoms with van der Waals surface area (Å²) in [6.45, 7) is 9.08. The fourth-order valence-electron chi connectivity index (χ4n) is 3.92. The first kappa shape index (κ1) is 17.6. The summed E-state index contributed by atoms with van der Waals surface area (Å²) in [5.74, 6) is -0.0137. The van der Waals surface area contributed by atoms with Gasteiger partial charge in [-0.15, -0.1) is 0 Å². The Morgan fingerprint density at radius 2 is 1.52 bits per heavy atom. The van der Waals surface area contributed by atoms with E-state index in [0.717, 1.165) is 12.8 Å². The average molecular weight is 319 g/mol. The number of rotatable bonds is 2. The Morgan fingerprint density at radius 1 is 1.09 bits per heavy atom. The molecule has 5 N–H and O–H groups in total. The van der Waals surface area contributed by atoms with Crippen LogP contribution in [0.25, 0.3) is 0 Å². The van der Waals surface area contributed by atoms with E-state index < -0.39 is 0 Å². The van der Waals surface area contributed by atoms with E-state index >= 15 is 0 Å². The Labute approximate surface area is 139 Å². The molecule has 1 aromatic rings. The SMILES string of the molecule is CN(C(=O)c1cc(N)cc(N)c1)C1CC(C)(C)[NH+](C)C(C)(C)C1. The number of piperidine rings is 1. The molecule has 0 bridgehead atoms. The summed E-state index contributed by atoms with van der Waals surface area (Å²) < 4.78 is 0. The van der Waals surface area contributed by atoms with Crippen LogP contribution in [0.15, 0.2) is 18.2 Å². The van der Waals surface area contributed by atoms with Crippen molar-refractivity contribution in [1.29, 1.82) is 0 Å². The number of likely N-dealkylation sites (tertiary alicyclic amines) is 1. The third kappa shape index (κ3) is 3.44. The van der Waals surface area contributed by atoms with E-state index in [9.17, 15) is 4.79 Å². The van der Waals surface area contributed by atoms with Gasteiger partial charge in [-0.05, 0) is 45.9 Å². The fraction of sp³-hybridized carbons (Fsp3) is 0.611. The molecule has 2 rings (SSSR count). The van der Waals surface area contributed by atoms with Crippen molar-refractivity contribution in [3.8, 4) is 0 Å². The van der Waals surface area contributed by atoms with Crippen LogP contribution in [0.2, 0.25) is 0 Å². The number of nitrogens with one attached hydrogen (secondary N) is 1. The molecular formula is C18H31N4O+. The van der Waals surface area contributed by atoms with Gasteiger partial charge in [0, 0.05) is 42.9 Å². The minimum Gasteiger partial charge on any atom is -0.399 e. The van der Waals surface area contributed by atoms with Crippen LogP contribution in [0.5, 0.6) is 0 Å². The number of quaternary nitrogens is 1. The van der Waals surface area contributed by atoms with Gasteiger partial charge >= 0.3 is 0 Å². The first-order valence-electron chi connectivity index (χ1n) is 8.22. The first-order chi connectivity index (χ1) is 10.4. The number of nitrogens with two attached hydrogens (primary N) is 2. The van der Waals surface area contributed by atoms with E-state index in [1.807, 2.05) is 11.9 Å². The van der Waals surface area contributed by atoms with Gasteiger partial charge in [0.25, 0.3) is 5.91 Å². The zero-order valence-electron chi connectivity index (χ0n) is 15.2. The predicted octanol–water partition coefficient (Wildman–Crippen LogP) is 1.16. The molecule has 1 fully saturated rings. The molecule has 0 saturated carbocycles. The maximum absolute atomic E-state index is 12.9. The maximum atomic E-state index is 12.9. The van der Waals surface area contributed by atoms with E-state index in [1.54, 1.807) is 18.2 Å². The highest BCUT2D eigenvalue weighted by molar-refractivity contribution is 5.96. The van der Waals surface area contributed by atoms with Crippen molar-refractivity contribution >= 4 is 17.3 Å². The van der Waals surface area contributed by atoms with Crippen molar-refractivity contribution in [2.45, 2.75) is 57.7 Å². The Hall–Kier alpha value is -1.75. The highest BCUT2D eigenvalue weighted by Crippen LogP contribution is 2.28. The summed E-state index contributed by atoms with van der Waals surface area (Å²) in [7, 11) is 4.13.